The number of methoxy groups -OCH3 is 1. The van der Waals surface area contributed by atoms with Gasteiger partial charge >= 0.3 is 0 Å². The first-order chi connectivity index (χ1) is 8.60. The Balaban J connectivity index is 2.12. The van der Waals surface area contributed by atoms with Crippen LogP contribution in [0.4, 0.5) is 0 Å². The predicted octanol–water partition coefficient (Wildman–Crippen LogP) is 0.896. The molecule has 1 unspecified atom stereocenters. The van der Waals surface area contributed by atoms with Crippen LogP contribution in [0.2, 0.25) is 0 Å². The summed E-state index contributed by atoms with van der Waals surface area (Å²) in [5, 5.41) is 9.50. The van der Waals surface area contributed by atoms with Crippen LogP contribution in [0.1, 0.15) is 17.5 Å². The van der Waals surface area contributed by atoms with Crippen molar-refractivity contribution in [3.05, 3.63) is 29.3 Å². The molecule has 1 heterocycles. The number of β-amino-alcohol motifs (C(OH)–C–C–N with tert-alkyl or cyclic N) is 1. The maximum absolute atomic E-state index is 9.50. The number of benzene rings is 1. The minimum absolute atomic E-state index is 0.192. The minimum Gasteiger partial charge on any atom is -0.496 e. The molecule has 0 amide bonds. The van der Waals surface area contributed by atoms with Crippen LogP contribution in [0.15, 0.2) is 18.2 Å². The standard InChI is InChI=1S/C13H18N2O2S/c1-17-12-6-9(2-3-11(12)13(14)18)7-15-5-4-10(16)8-15/h2-3,6,10,16H,4-5,7-8H2,1H3,(H2,14,18). The van der Waals surface area contributed by atoms with Crippen LogP contribution in [0.5, 0.6) is 5.75 Å². The van der Waals surface area contributed by atoms with E-state index in [4.69, 9.17) is 22.7 Å². The molecule has 4 nitrogen and oxygen atoms in total. The van der Waals surface area contributed by atoms with Crippen LogP contribution in [0.3, 0.4) is 0 Å². The normalized spacial score (nSPS) is 20.0. The van der Waals surface area contributed by atoms with Crippen molar-refractivity contribution in [3.8, 4) is 5.75 Å². The largest absolute Gasteiger partial charge is 0.496 e. The molecular weight excluding hydrogens is 248 g/mol. The highest BCUT2D eigenvalue weighted by molar-refractivity contribution is 7.80. The molecule has 0 saturated carbocycles. The second kappa shape index (κ2) is 5.65. The molecule has 1 atom stereocenters. The van der Waals surface area contributed by atoms with E-state index < -0.39 is 0 Å². The highest BCUT2D eigenvalue weighted by Gasteiger charge is 2.20. The Morgan fingerprint density at radius 2 is 2.39 bits per heavy atom. The summed E-state index contributed by atoms with van der Waals surface area (Å²) >= 11 is 4.97. The van der Waals surface area contributed by atoms with Crippen molar-refractivity contribution in [2.24, 2.45) is 5.73 Å². The summed E-state index contributed by atoms with van der Waals surface area (Å²) in [5.74, 6) is 0.708. The molecule has 5 heteroatoms. The second-order valence-corrected chi connectivity index (χ2v) is 5.02. The SMILES string of the molecule is COc1cc(CN2CCC(O)C2)ccc1C(N)=S. The summed E-state index contributed by atoms with van der Waals surface area (Å²) < 4.78 is 5.30. The van der Waals surface area contributed by atoms with Crippen LogP contribution < -0.4 is 10.5 Å². The van der Waals surface area contributed by atoms with Crippen molar-refractivity contribution in [3.63, 3.8) is 0 Å². The van der Waals surface area contributed by atoms with E-state index in [2.05, 4.69) is 4.90 Å². The van der Waals surface area contributed by atoms with Gasteiger partial charge < -0.3 is 15.6 Å². The zero-order valence-corrected chi connectivity index (χ0v) is 11.2. The van der Waals surface area contributed by atoms with Crippen molar-refractivity contribution in [1.29, 1.82) is 0 Å². The summed E-state index contributed by atoms with van der Waals surface area (Å²) in [6.07, 6.45) is 0.657. The van der Waals surface area contributed by atoms with Gasteiger partial charge in [0.25, 0.3) is 0 Å². The molecule has 98 valence electrons. The molecule has 0 aliphatic carbocycles. The number of hydrogen-bond acceptors (Lipinski definition) is 4. The first-order valence-electron chi connectivity index (χ1n) is 5.97. The molecule has 3 N–H and O–H groups in total. The fraction of sp³-hybridized carbons (Fsp3) is 0.462. The highest BCUT2D eigenvalue weighted by atomic mass is 32.1. The first kappa shape index (κ1) is 13.3. The van der Waals surface area contributed by atoms with E-state index >= 15 is 0 Å². The maximum Gasteiger partial charge on any atom is 0.129 e. The molecule has 0 radical (unpaired) electrons. The van der Waals surface area contributed by atoms with Gasteiger partial charge in [-0.1, -0.05) is 18.3 Å². The summed E-state index contributed by atoms with van der Waals surface area (Å²) in [4.78, 5) is 2.56. The van der Waals surface area contributed by atoms with E-state index in [0.29, 0.717) is 10.7 Å². The number of hydrogen-bond donors (Lipinski definition) is 2. The van der Waals surface area contributed by atoms with Gasteiger partial charge in [0.2, 0.25) is 0 Å². The molecule has 1 saturated heterocycles. The Morgan fingerprint density at radius 1 is 1.61 bits per heavy atom. The van der Waals surface area contributed by atoms with Crippen LogP contribution in [0, 0.1) is 0 Å². The average Bonchev–Trinajstić information content (AvgIpc) is 2.74. The molecule has 1 aromatic rings. The van der Waals surface area contributed by atoms with E-state index in [1.165, 1.54) is 0 Å². The zero-order chi connectivity index (χ0) is 13.1. The zero-order valence-electron chi connectivity index (χ0n) is 10.4. The molecule has 1 aromatic carbocycles. The monoisotopic (exact) mass is 266 g/mol. The quantitative estimate of drug-likeness (QED) is 0.793. The van der Waals surface area contributed by atoms with E-state index in [-0.39, 0.29) is 6.10 Å². The number of rotatable bonds is 4. The molecule has 2 rings (SSSR count). The molecule has 1 aliphatic rings. The highest BCUT2D eigenvalue weighted by Crippen LogP contribution is 2.22. The van der Waals surface area contributed by atoms with Crippen LogP contribution in [0.25, 0.3) is 0 Å². The Morgan fingerprint density at radius 3 is 2.94 bits per heavy atom. The van der Waals surface area contributed by atoms with Crippen molar-refractivity contribution < 1.29 is 9.84 Å². The number of aliphatic hydroxyl groups is 1. The van der Waals surface area contributed by atoms with E-state index in [1.54, 1.807) is 7.11 Å². The van der Waals surface area contributed by atoms with Crippen LogP contribution in [-0.2, 0) is 6.54 Å². The lowest BCUT2D eigenvalue weighted by atomic mass is 10.1. The van der Waals surface area contributed by atoms with Gasteiger partial charge in [0, 0.05) is 19.6 Å². The lowest BCUT2D eigenvalue weighted by molar-refractivity contribution is 0.175. The van der Waals surface area contributed by atoms with Crippen molar-refractivity contribution >= 4 is 17.2 Å². The number of nitrogens with zero attached hydrogens (tertiary/aromatic N) is 1. The molecule has 18 heavy (non-hydrogen) atoms. The van der Waals surface area contributed by atoms with E-state index in [0.717, 1.165) is 37.2 Å². The van der Waals surface area contributed by atoms with Crippen LogP contribution in [-0.4, -0.2) is 41.3 Å². The lowest BCUT2D eigenvalue weighted by Crippen LogP contribution is -2.21. The third-order valence-electron chi connectivity index (χ3n) is 3.19. The molecule has 0 bridgehead atoms. The fourth-order valence-corrected chi connectivity index (χ4v) is 2.42. The smallest absolute Gasteiger partial charge is 0.129 e. The van der Waals surface area contributed by atoms with Gasteiger partial charge in [-0.05, 0) is 24.1 Å². The summed E-state index contributed by atoms with van der Waals surface area (Å²) in [6, 6.07) is 5.85. The average molecular weight is 266 g/mol. The van der Waals surface area contributed by atoms with Crippen LogP contribution >= 0.6 is 12.2 Å². The predicted molar refractivity (Wildman–Crippen MR) is 74.8 cm³/mol. The Kier molecular flexibility index (Phi) is 4.16. The molecule has 1 fully saturated rings. The van der Waals surface area contributed by atoms with Gasteiger partial charge in [0.15, 0.2) is 0 Å². The van der Waals surface area contributed by atoms with Gasteiger partial charge in [-0.15, -0.1) is 0 Å². The molecular formula is C13H18N2O2S. The Labute approximate surface area is 112 Å². The van der Waals surface area contributed by atoms with Gasteiger partial charge in [0.1, 0.15) is 10.7 Å². The van der Waals surface area contributed by atoms with Gasteiger partial charge in [-0.3, -0.25) is 4.90 Å². The number of nitrogens with two attached hydrogens (primary N) is 1. The van der Waals surface area contributed by atoms with E-state index in [9.17, 15) is 5.11 Å². The third-order valence-corrected chi connectivity index (χ3v) is 3.40. The third kappa shape index (κ3) is 2.98. The van der Waals surface area contributed by atoms with Crippen molar-refractivity contribution in [1.82, 2.24) is 4.90 Å². The van der Waals surface area contributed by atoms with Gasteiger partial charge in [-0.25, -0.2) is 0 Å². The number of aliphatic hydroxyl groups excluding tert-OH is 1. The van der Waals surface area contributed by atoms with Crippen molar-refractivity contribution in [2.75, 3.05) is 20.2 Å². The maximum atomic E-state index is 9.50. The minimum atomic E-state index is -0.192. The fourth-order valence-electron chi connectivity index (χ4n) is 2.25. The number of thiocarbonyl (C=S) groups is 1. The summed E-state index contributed by atoms with van der Waals surface area (Å²) in [5.41, 5.74) is 7.53. The molecule has 0 aromatic heterocycles. The van der Waals surface area contributed by atoms with Gasteiger partial charge in [-0.2, -0.15) is 0 Å². The topological polar surface area (TPSA) is 58.7 Å². The lowest BCUT2D eigenvalue weighted by Gasteiger charge is -2.16. The first-order valence-corrected chi connectivity index (χ1v) is 6.38. The second-order valence-electron chi connectivity index (χ2n) is 4.58. The number of likely N-dealkylation sites (tertiary alicyclic amines) is 1. The Hall–Kier alpha value is -1.17. The number of ether oxygens (including phenoxy) is 1. The molecule has 0 spiro atoms. The molecule has 1 aliphatic heterocycles. The van der Waals surface area contributed by atoms with Gasteiger partial charge in [0.05, 0.1) is 18.8 Å². The summed E-state index contributed by atoms with van der Waals surface area (Å²) in [7, 11) is 1.61. The van der Waals surface area contributed by atoms with E-state index in [1.807, 2.05) is 18.2 Å². The Bertz CT molecular complexity index is 451. The summed E-state index contributed by atoms with van der Waals surface area (Å²) in [6.45, 7) is 2.48. The van der Waals surface area contributed by atoms with Crippen molar-refractivity contribution in [2.45, 2.75) is 19.1 Å².